The number of aliphatic hydroxyl groups is 1. The molecule has 0 amide bonds. The van der Waals surface area contributed by atoms with E-state index in [0.29, 0.717) is 0 Å². The van der Waals surface area contributed by atoms with Gasteiger partial charge in [0.2, 0.25) is 0 Å². The number of rotatable bonds is 2. The minimum atomic E-state index is -0.108. The third kappa shape index (κ3) is 1.57. The minimum Gasteiger partial charge on any atom is -0.392 e. The Hall–Kier alpha value is -0.860. The number of β-amino-alcohol motifs (C(OH)–C–C–N with tert-alkyl or cyclic N) is 1. The normalized spacial score (nSPS) is 28.2. The van der Waals surface area contributed by atoms with Crippen LogP contribution in [0.1, 0.15) is 30.4 Å². The minimum absolute atomic E-state index is 0.108. The summed E-state index contributed by atoms with van der Waals surface area (Å²) in [5, 5.41) is 9.64. The summed E-state index contributed by atoms with van der Waals surface area (Å²) < 4.78 is 0. The van der Waals surface area contributed by atoms with Crippen LogP contribution >= 0.6 is 0 Å². The largest absolute Gasteiger partial charge is 0.392 e. The van der Waals surface area contributed by atoms with E-state index < -0.39 is 0 Å². The van der Waals surface area contributed by atoms with Gasteiger partial charge in [-0.3, -0.25) is 4.90 Å². The van der Waals surface area contributed by atoms with Gasteiger partial charge in [0.05, 0.1) is 6.10 Å². The fraction of sp³-hybridized carbons (Fsp3) is 0.571. The van der Waals surface area contributed by atoms with E-state index in [4.69, 9.17) is 0 Å². The van der Waals surface area contributed by atoms with Crippen LogP contribution in [0.5, 0.6) is 0 Å². The van der Waals surface area contributed by atoms with E-state index in [-0.39, 0.29) is 11.6 Å². The summed E-state index contributed by atoms with van der Waals surface area (Å²) >= 11 is 0. The van der Waals surface area contributed by atoms with E-state index in [1.165, 1.54) is 24.0 Å². The molecule has 1 aliphatic carbocycles. The van der Waals surface area contributed by atoms with Gasteiger partial charge in [-0.15, -0.1) is 0 Å². The lowest BCUT2D eigenvalue weighted by Crippen LogP contribution is -2.34. The molecule has 1 unspecified atom stereocenters. The van der Waals surface area contributed by atoms with Gasteiger partial charge in [0, 0.05) is 18.6 Å². The molecule has 1 saturated heterocycles. The average molecular weight is 217 g/mol. The summed E-state index contributed by atoms with van der Waals surface area (Å²) in [5.41, 5.74) is 3.03. The van der Waals surface area contributed by atoms with E-state index in [0.717, 1.165) is 19.5 Å². The first-order valence-electron chi connectivity index (χ1n) is 6.21. The van der Waals surface area contributed by atoms with Crippen LogP contribution in [0.25, 0.3) is 0 Å². The van der Waals surface area contributed by atoms with Crippen LogP contribution in [0, 0.1) is 6.92 Å². The summed E-state index contributed by atoms with van der Waals surface area (Å²) in [6, 6.07) is 8.91. The van der Waals surface area contributed by atoms with Crippen molar-refractivity contribution >= 4 is 0 Å². The van der Waals surface area contributed by atoms with Crippen molar-refractivity contribution in [3.05, 3.63) is 35.4 Å². The highest BCUT2D eigenvalue weighted by atomic mass is 16.3. The summed E-state index contributed by atoms with van der Waals surface area (Å²) in [4.78, 5) is 2.47. The molecule has 0 radical (unpaired) electrons. The second kappa shape index (κ2) is 3.57. The maximum Gasteiger partial charge on any atom is 0.0679 e. The van der Waals surface area contributed by atoms with Crippen molar-refractivity contribution in [3.8, 4) is 0 Å². The van der Waals surface area contributed by atoms with Crippen molar-refractivity contribution in [1.29, 1.82) is 0 Å². The molecule has 1 aliphatic heterocycles. The lowest BCUT2D eigenvalue weighted by atomic mass is 10.0. The zero-order chi connectivity index (χ0) is 11.2. The van der Waals surface area contributed by atoms with Crippen LogP contribution in [0.3, 0.4) is 0 Å². The first-order valence-corrected chi connectivity index (χ1v) is 6.21. The maximum absolute atomic E-state index is 9.64. The van der Waals surface area contributed by atoms with Gasteiger partial charge in [0.1, 0.15) is 0 Å². The second-order valence-electron chi connectivity index (χ2n) is 5.29. The summed E-state index contributed by atoms with van der Waals surface area (Å²) in [6.45, 7) is 4.03. The third-order valence-corrected chi connectivity index (χ3v) is 4.08. The van der Waals surface area contributed by atoms with Gasteiger partial charge < -0.3 is 5.11 Å². The topological polar surface area (TPSA) is 23.5 Å². The first kappa shape index (κ1) is 10.3. The Morgan fingerprint density at radius 1 is 1.25 bits per heavy atom. The molecule has 1 atom stereocenters. The van der Waals surface area contributed by atoms with Crippen molar-refractivity contribution in [2.24, 2.45) is 0 Å². The highest BCUT2D eigenvalue weighted by molar-refractivity contribution is 5.33. The molecule has 0 aromatic heterocycles. The Bertz CT molecular complexity index is 380. The number of nitrogens with zero attached hydrogens (tertiary/aromatic N) is 1. The maximum atomic E-state index is 9.64. The van der Waals surface area contributed by atoms with E-state index in [1.807, 2.05) is 0 Å². The molecule has 1 aromatic rings. The third-order valence-electron chi connectivity index (χ3n) is 4.08. The van der Waals surface area contributed by atoms with E-state index in [1.54, 1.807) is 0 Å². The van der Waals surface area contributed by atoms with Crippen LogP contribution in [0.4, 0.5) is 0 Å². The lowest BCUT2D eigenvalue weighted by Gasteiger charge is -2.28. The zero-order valence-electron chi connectivity index (χ0n) is 9.82. The monoisotopic (exact) mass is 217 g/mol. The predicted octanol–water partition coefficient (Wildman–Crippen LogP) is 2.05. The van der Waals surface area contributed by atoms with Crippen LogP contribution < -0.4 is 0 Å². The van der Waals surface area contributed by atoms with Crippen LogP contribution in [0.15, 0.2) is 24.3 Å². The number of benzene rings is 1. The summed E-state index contributed by atoms with van der Waals surface area (Å²) in [6.07, 6.45) is 3.34. The molecule has 1 heterocycles. The molecule has 2 aliphatic rings. The van der Waals surface area contributed by atoms with Crippen molar-refractivity contribution in [3.63, 3.8) is 0 Å². The first-order chi connectivity index (χ1) is 7.71. The van der Waals surface area contributed by atoms with E-state index in [9.17, 15) is 5.11 Å². The predicted molar refractivity (Wildman–Crippen MR) is 64.3 cm³/mol. The van der Waals surface area contributed by atoms with Gasteiger partial charge in [-0.05, 0) is 31.7 Å². The van der Waals surface area contributed by atoms with Gasteiger partial charge in [-0.1, -0.05) is 29.8 Å². The molecular weight excluding hydrogens is 198 g/mol. The molecule has 0 spiro atoms. The molecule has 86 valence electrons. The van der Waals surface area contributed by atoms with E-state index >= 15 is 0 Å². The summed E-state index contributed by atoms with van der Waals surface area (Å²) in [7, 11) is 0. The van der Waals surface area contributed by atoms with Crippen molar-refractivity contribution in [2.45, 2.75) is 37.8 Å². The lowest BCUT2D eigenvalue weighted by molar-refractivity contribution is 0.150. The second-order valence-corrected chi connectivity index (χ2v) is 5.29. The van der Waals surface area contributed by atoms with Gasteiger partial charge in [0.25, 0.3) is 0 Å². The van der Waals surface area contributed by atoms with Gasteiger partial charge in [-0.25, -0.2) is 0 Å². The van der Waals surface area contributed by atoms with E-state index in [2.05, 4.69) is 36.1 Å². The molecule has 0 bridgehead atoms. The fourth-order valence-corrected chi connectivity index (χ4v) is 2.90. The molecule has 1 N–H and O–H groups in total. The van der Waals surface area contributed by atoms with Crippen LogP contribution in [-0.2, 0) is 5.54 Å². The fourth-order valence-electron chi connectivity index (χ4n) is 2.90. The number of hydrogen-bond acceptors (Lipinski definition) is 2. The molecule has 3 rings (SSSR count). The molecule has 2 nitrogen and oxygen atoms in total. The Morgan fingerprint density at radius 3 is 2.44 bits per heavy atom. The molecule has 16 heavy (non-hydrogen) atoms. The molecule has 1 aromatic carbocycles. The standard InChI is InChI=1S/C14H19NO/c1-11-2-4-12(5-3-11)14(7-8-14)15-9-6-13(16)10-15/h2-5,13,16H,6-10H2,1H3. The Morgan fingerprint density at radius 2 is 1.94 bits per heavy atom. The van der Waals surface area contributed by atoms with Crippen molar-refractivity contribution in [2.75, 3.05) is 13.1 Å². The van der Waals surface area contributed by atoms with Crippen LogP contribution in [0.2, 0.25) is 0 Å². The highest BCUT2D eigenvalue weighted by Crippen LogP contribution is 2.52. The van der Waals surface area contributed by atoms with Crippen molar-refractivity contribution in [1.82, 2.24) is 4.90 Å². The quantitative estimate of drug-likeness (QED) is 0.819. The van der Waals surface area contributed by atoms with Gasteiger partial charge in [0.15, 0.2) is 0 Å². The Labute approximate surface area is 96.9 Å². The Balaban J connectivity index is 1.85. The number of likely N-dealkylation sites (tertiary alicyclic amines) is 1. The number of aliphatic hydroxyl groups excluding tert-OH is 1. The number of hydrogen-bond donors (Lipinski definition) is 1. The van der Waals surface area contributed by atoms with Crippen molar-refractivity contribution < 1.29 is 5.11 Å². The van der Waals surface area contributed by atoms with Gasteiger partial charge >= 0.3 is 0 Å². The molecule has 2 heteroatoms. The summed E-state index contributed by atoms with van der Waals surface area (Å²) in [5.74, 6) is 0. The average Bonchev–Trinajstić information content (AvgIpc) is 2.97. The number of aryl methyl sites for hydroxylation is 1. The zero-order valence-corrected chi connectivity index (χ0v) is 9.82. The molecule has 1 saturated carbocycles. The van der Waals surface area contributed by atoms with Gasteiger partial charge in [-0.2, -0.15) is 0 Å². The highest BCUT2D eigenvalue weighted by Gasteiger charge is 2.50. The Kier molecular flexibility index (Phi) is 2.30. The SMILES string of the molecule is Cc1ccc(C2(N3CCC(O)C3)CC2)cc1. The molecular formula is C14H19NO. The smallest absolute Gasteiger partial charge is 0.0679 e. The molecule has 2 fully saturated rings. The van der Waals surface area contributed by atoms with Crippen LogP contribution in [-0.4, -0.2) is 29.2 Å².